The maximum Gasteiger partial charge on any atom is 0.0346 e. The Morgan fingerprint density at radius 2 is 2.19 bits per heavy atom. The van der Waals surface area contributed by atoms with Crippen LogP contribution in [0.1, 0.15) is 24.0 Å². The standard InChI is InChI=1S/C14H22N2/c1-4-5-6-10-16(3)11-13-8-7-9-14(15)12(13)2/h4,7-9H,1,5-6,10-11,15H2,2-3H3. The maximum absolute atomic E-state index is 5.89. The summed E-state index contributed by atoms with van der Waals surface area (Å²) in [4.78, 5) is 2.32. The number of hydrogen-bond acceptors (Lipinski definition) is 2. The van der Waals surface area contributed by atoms with Gasteiger partial charge in [0, 0.05) is 12.2 Å². The summed E-state index contributed by atoms with van der Waals surface area (Å²) in [6, 6.07) is 6.13. The lowest BCUT2D eigenvalue weighted by Crippen LogP contribution is -2.19. The molecule has 0 saturated carbocycles. The zero-order chi connectivity index (χ0) is 12.0. The van der Waals surface area contributed by atoms with E-state index in [0.717, 1.165) is 25.2 Å². The van der Waals surface area contributed by atoms with Crippen molar-refractivity contribution in [2.75, 3.05) is 19.3 Å². The molecule has 1 rings (SSSR count). The third-order valence-electron chi connectivity index (χ3n) is 2.88. The molecule has 16 heavy (non-hydrogen) atoms. The quantitative estimate of drug-likeness (QED) is 0.452. The minimum Gasteiger partial charge on any atom is -0.399 e. The second-order valence-corrected chi connectivity index (χ2v) is 4.30. The summed E-state index contributed by atoms with van der Waals surface area (Å²) in [5.41, 5.74) is 9.30. The summed E-state index contributed by atoms with van der Waals surface area (Å²) < 4.78 is 0. The predicted octanol–water partition coefficient (Wildman–Crippen LogP) is 2.98. The van der Waals surface area contributed by atoms with E-state index in [1.807, 2.05) is 18.2 Å². The maximum atomic E-state index is 5.89. The Balaban J connectivity index is 2.52. The number of unbranched alkanes of at least 4 members (excludes halogenated alkanes) is 1. The van der Waals surface area contributed by atoms with Gasteiger partial charge in [-0.2, -0.15) is 0 Å². The molecule has 0 radical (unpaired) electrons. The molecule has 0 atom stereocenters. The van der Waals surface area contributed by atoms with Gasteiger partial charge in [0.2, 0.25) is 0 Å². The van der Waals surface area contributed by atoms with E-state index in [-0.39, 0.29) is 0 Å². The van der Waals surface area contributed by atoms with Crippen molar-refractivity contribution in [3.63, 3.8) is 0 Å². The molecular weight excluding hydrogens is 196 g/mol. The van der Waals surface area contributed by atoms with Crippen LogP contribution in [0.25, 0.3) is 0 Å². The van der Waals surface area contributed by atoms with Crippen molar-refractivity contribution in [1.82, 2.24) is 4.90 Å². The number of nitrogens with two attached hydrogens (primary N) is 1. The highest BCUT2D eigenvalue weighted by Gasteiger charge is 2.04. The fourth-order valence-corrected chi connectivity index (χ4v) is 1.75. The van der Waals surface area contributed by atoms with Crippen LogP contribution in [0.3, 0.4) is 0 Å². The summed E-state index contributed by atoms with van der Waals surface area (Å²) in [6.07, 6.45) is 4.22. The highest BCUT2D eigenvalue weighted by molar-refractivity contribution is 5.49. The van der Waals surface area contributed by atoms with Crippen molar-refractivity contribution in [3.8, 4) is 0 Å². The van der Waals surface area contributed by atoms with Gasteiger partial charge >= 0.3 is 0 Å². The van der Waals surface area contributed by atoms with Gasteiger partial charge in [0.05, 0.1) is 0 Å². The van der Waals surface area contributed by atoms with Crippen LogP contribution < -0.4 is 5.73 Å². The highest BCUT2D eigenvalue weighted by Crippen LogP contribution is 2.16. The molecule has 0 amide bonds. The first kappa shape index (κ1) is 12.8. The first-order valence-corrected chi connectivity index (χ1v) is 5.78. The number of nitrogens with zero attached hydrogens (tertiary/aromatic N) is 1. The average molecular weight is 218 g/mol. The molecule has 2 heteroatoms. The number of rotatable bonds is 6. The Labute approximate surface area is 98.8 Å². The summed E-state index contributed by atoms with van der Waals surface area (Å²) >= 11 is 0. The monoisotopic (exact) mass is 218 g/mol. The van der Waals surface area contributed by atoms with E-state index in [9.17, 15) is 0 Å². The minimum atomic E-state index is 0.886. The third-order valence-corrected chi connectivity index (χ3v) is 2.88. The second kappa shape index (κ2) is 6.33. The van der Waals surface area contributed by atoms with Gasteiger partial charge in [-0.15, -0.1) is 6.58 Å². The number of allylic oxidation sites excluding steroid dienone is 1. The molecule has 0 heterocycles. The van der Waals surface area contributed by atoms with Crippen LogP contribution in [0.4, 0.5) is 5.69 Å². The van der Waals surface area contributed by atoms with Crippen LogP contribution in [0.5, 0.6) is 0 Å². The minimum absolute atomic E-state index is 0.886. The van der Waals surface area contributed by atoms with Gasteiger partial charge in [0.15, 0.2) is 0 Å². The van der Waals surface area contributed by atoms with E-state index in [0.29, 0.717) is 0 Å². The SMILES string of the molecule is C=CCCCN(C)Cc1cccc(N)c1C. The summed E-state index contributed by atoms with van der Waals surface area (Å²) in [6.45, 7) is 7.88. The Morgan fingerprint density at radius 1 is 1.44 bits per heavy atom. The van der Waals surface area contributed by atoms with E-state index in [4.69, 9.17) is 5.73 Å². The van der Waals surface area contributed by atoms with Crippen molar-refractivity contribution < 1.29 is 0 Å². The molecular formula is C14H22N2. The van der Waals surface area contributed by atoms with E-state index >= 15 is 0 Å². The van der Waals surface area contributed by atoms with Crippen LogP contribution in [-0.4, -0.2) is 18.5 Å². The molecule has 0 saturated heterocycles. The zero-order valence-corrected chi connectivity index (χ0v) is 10.4. The number of hydrogen-bond donors (Lipinski definition) is 1. The Bertz CT molecular complexity index is 345. The van der Waals surface area contributed by atoms with Gasteiger partial charge in [0.25, 0.3) is 0 Å². The topological polar surface area (TPSA) is 29.3 Å². The highest BCUT2D eigenvalue weighted by atomic mass is 15.1. The van der Waals surface area contributed by atoms with E-state index in [1.165, 1.54) is 17.5 Å². The molecule has 2 nitrogen and oxygen atoms in total. The zero-order valence-electron chi connectivity index (χ0n) is 10.4. The molecule has 0 aliphatic rings. The van der Waals surface area contributed by atoms with Crippen LogP contribution in [0, 0.1) is 6.92 Å². The van der Waals surface area contributed by atoms with Crippen LogP contribution in [0.2, 0.25) is 0 Å². The van der Waals surface area contributed by atoms with Crippen molar-refractivity contribution in [2.45, 2.75) is 26.3 Å². The predicted molar refractivity (Wildman–Crippen MR) is 71.4 cm³/mol. The van der Waals surface area contributed by atoms with Gasteiger partial charge in [-0.05, 0) is 50.6 Å². The molecule has 0 aliphatic heterocycles. The summed E-state index contributed by atoms with van der Waals surface area (Å²) in [7, 11) is 2.14. The Morgan fingerprint density at radius 3 is 2.88 bits per heavy atom. The third kappa shape index (κ3) is 3.70. The van der Waals surface area contributed by atoms with Crippen LogP contribution in [-0.2, 0) is 6.54 Å². The first-order chi connectivity index (χ1) is 7.65. The van der Waals surface area contributed by atoms with E-state index in [2.05, 4.69) is 31.5 Å². The second-order valence-electron chi connectivity index (χ2n) is 4.30. The van der Waals surface area contributed by atoms with Gasteiger partial charge in [-0.25, -0.2) is 0 Å². The smallest absolute Gasteiger partial charge is 0.0346 e. The summed E-state index contributed by atoms with van der Waals surface area (Å²) in [5, 5.41) is 0. The molecule has 1 aromatic rings. The molecule has 88 valence electrons. The molecule has 0 aromatic heterocycles. The number of benzene rings is 1. The molecule has 1 aromatic carbocycles. The largest absolute Gasteiger partial charge is 0.399 e. The van der Waals surface area contributed by atoms with Crippen molar-refractivity contribution in [2.24, 2.45) is 0 Å². The van der Waals surface area contributed by atoms with Gasteiger partial charge in [-0.3, -0.25) is 0 Å². The number of nitrogen functional groups attached to an aromatic ring is 1. The molecule has 0 bridgehead atoms. The molecule has 2 N–H and O–H groups in total. The van der Waals surface area contributed by atoms with Gasteiger partial charge < -0.3 is 10.6 Å². The fraction of sp³-hybridized carbons (Fsp3) is 0.429. The first-order valence-electron chi connectivity index (χ1n) is 5.78. The van der Waals surface area contributed by atoms with Crippen molar-refractivity contribution >= 4 is 5.69 Å². The lowest BCUT2D eigenvalue weighted by atomic mass is 10.1. The fourth-order valence-electron chi connectivity index (χ4n) is 1.75. The van der Waals surface area contributed by atoms with Crippen molar-refractivity contribution in [3.05, 3.63) is 42.0 Å². The van der Waals surface area contributed by atoms with Gasteiger partial charge in [0.1, 0.15) is 0 Å². The normalized spacial score (nSPS) is 10.7. The molecule has 0 fully saturated rings. The molecule has 0 aliphatic carbocycles. The Kier molecular flexibility index (Phi) is 5.06. The average Bonchev–Trinajstić information content (AvgIpc) is 2.25. The van der Waals surface area contributed by atoms with Crippen molar-refractivity contribution in [1.29, 1.82) is 0 Å². The van der Waals surface area contributed by atoms with Crippen LogP contribution in [0.15, 0.2) is 30.9 Å². The molecule has 0 spiro atoms. The lowest BCUT2D eigenvalue weighted by molar-refractivity contribution is 0.322. The molecule has 0 unspecified atom stereocenters. The lowest BCUT2D eigenvalue weighted by Gasteiger charge is -2.18. The summed E-state index contributed by atoms with van der Waals surface area (Å²) in [5.74, 6) is 0. The van der Waals surface area contributed by atoms with E-state index in [1.54, 1.807) is 0 Å². The Hall–Kier alpha value is -1.28. The van der Waals surface area contributed by atoms with E-state index < -0.39 is 0 Å². The number of anilines is 1. The van der Waals surface area contributed by atoms with Gasteiger partial charge in [-0.1, -0.05) is 18.2 Å². The van der Waals surface area contributed by atoms with Crippen LogP contribution >= 0.6 is 0 Å².